The number of benzene rings is 1. The predicted molar refractivity (Wildman–Crippen MR) is 108 cm³/mol. The maximum absolute atomic E-state index is 13.4. The third-order valence-corrected chi connectivity index (χ3v) is 6.50. The van der Waals surface area contributed by atoms with Crippen molar-refractivity contribution in [3.05, 3.63) is 41.0 Å². The van der Waals surface area contributed by atoms with Crippen molar-refractivity contribution in [3.63, 3.8) is 0 Å². The van der Waals surface area contributed by atoms with Gasteiger partial charge in [-0.3, -0.25) is 9.69 Å². The molecular weight excluding hydrogens is 411 g/mol. The lowest BCUT2D eigenvalue weighted by Crippen LogP contribution is -2.51. The number of likely N-dealkylation sites (tertiary alicyclic amines) is 1. The molecule has 168 valence electrons. The minimum atomic E-state index is -4.39. The van der Waals surface area contributed by atoms with E-state index in [-0.39, 0.29) is 5.91 Å². The molecule has 0 aromatic heterocycles. The molecule has 0 saturated carbocycles. The normalized spacial score (nSPS) is 25.0. The van der Waals surface area contributed by atoms with Crippen molar-refractivity contribution < 1.29 is 27.5 Å². The highest BCUT2D eigenvalue weighted by atomic mass is 19.4. The van der Waals surface area contributed by atoms with E-state index in [0.717, 1.165) is 25.2 Å². The van der Waals surface area contributed by atoms with Gasteiger partial charge in [0.2, 0.25) is 0 Å². The molecule has 1 amide bonds. The predicted octanol–water partition coefficient (Wildman–Crippen LogP) is 2.69. The van der Waals surface area contributed by atoms with Gasteiger partial charge < -0.3 is 14.5 Å². The fraction of sp³-hybridized carbons (Fsp3) is 0.545. The van der Waals surface area contributed by atoms with E-state index in [4.69, 9.17) is 4.74 Å². The van der Waals surface area contributed by atoms with Crippen molar-refractivity contribution in [1.82, 2.24) is 9.80 Å². The van der Waals surface area contributed by atoms with Gasteiger partial charge in [0.05, 0.1) is 11.1 Å². The third-order valence-electron chi connectivity index (χ3n) is 6.50. The molecule has 3 aliphatic rings. The molecule has 31 heavy (non-hydrogen) atoms. The Kier molecular flexibility index (Phi) is 5.49. The maximum Gasteiger partial charge on any atom is 0.416 e. The summed E-state index contributed by atoms with van der Waals surface area (Å²) in [6.45, 7) is 7.33. The molecule has 1 aromatic rings. The summed E-state index contributed by atoms with van der Waals surface area (Å²) in [5.74, 6) is -0.645. The molecule has 3 heterocycles. The van der Waals surface area contributed by atoms with Crippen molar-refractivity contribution in [3.8, 4) is 0 Å². The molecule has 1 aromatic carbocycles. The molecule has 1 atom stereocenters. The number of hydrogen-bond donors (Lipinski definition) is 0. The minimum absolute atomic E-state index is 0.204. The Morgan fingerprint density at radius 2 is 1.87 bits per heavy atom. The summed E-state index contributed by atoms with van der Waals surface area (Å²) >= 11 is 0. The molecule has 2 fully saturated rings. The number of hydrogen-bond acceptors (Lipinski definition) is 5. The van der Waals surface area contributed by atoms with Crippen LogP contribution in [0, 0.1) is 0 Å². The van der Waals surface area contributed by atoms with E-state index >= 15 is 0 Å². The fourth-order valence-corrected chi connectivity index (χ4v) is 4.72. The topological polar surface area (TPSA) is 53.1 Å². The maximum atomic E-state index is 13.4. The van der Waals surface area contributed by atoms with Crippen LogP contribution in [0.4, 0.5) is 18.9 Å². The number of ether oxygens (including phenoxy) is 1. The first-order chi connectivity index (χ1) is 14.6. The van der Waals surface area contributed by atoms with Gasteiger partial charge in [0.25, 0.3) is 5.91 Å². The summed E-state index contributed by atoms with van der Waals surface area (Å²) in [7, 11) is 0. The average Bonchev–Trinajstić information content (AvgIpc) is 3.27. The zero-order chi connectivity index (χ0) is 22.4. The lowest BCUT2D eigenvalue weighted by atomic mass is 9.90. The van der Waals surface area contributed by atoms with Gasteiger partial charge in [-0.05, 0) is 31.7 Å². The zero-order valence-corrected chi connectivity index (χ0v) is 17.7. The standard InChI is InChI=1S/C22H26F3N3O3/c1-3-26-8-7-21(14-26)18(15(2)20(30)31-21)19(29)28-11-9-27(10-12-28)17-6-4-5-16(13-17)22(23,24)25/h4-6,13H,3,7-12,14H2,1-2H3. The molecule has 1 unspecified atom stereocenters. The average molecular weight is 437 g/mol. The largest absolute Gasteiger partial charge is 0.449 e. The molecule has 1 spiro atoms. The summed E-state index contributed by atoms with van der Waals surface area (Å²) in [4.78, 5) is 31.4. The Morgan fingerprint density at radius 3 is 2.48 bits per heavy atom. The van der Waals surface area contributed by atoms with Gasteiger partial charge in [-0.1, -0.05) is 13.0 Å². The molecule has 0 bridgehead atoms. The third kappa shape index (κ3) is 3.91. The lowest BCUT2D eigenvalue weighted by Gasteiger charge is -2.38. The molecule has 2 saturated heterocycles. The van der Waals surface area contributed by atoms with Crippen molar-refractivity contribution in [2.75, 3.05) is 50.7 Å². The first-order valence-electron chi connectivity index (χ1n) is 10.5. The highest BCUT2D eigenvalue weighted by molar-refractivity contribution is 6.07. The highest BCUT2D eigenvalue weighted by Crippen LogP contribution is 2.41. The van der Waals surface area contributed by atoms with Gasteiger partial charge in [0.1, 0.15) is 0 Å². The number of rotatable bonds is 3. The molecule has 0 aliphatic carbocycles. The molecular formula is C22H26F3N3O3. The van der Waals surface area contributed by atoms with E-state index in [0.29, 0.717) is 56.0 Å². The zero-order valence-electron chi connectivity index (χ0n) is 17.7. The van der Waals surface area contributed by atoms with Crippen LogP contribution in [0.1, 0.15) is 25.8 Å². The highest BCUT2D eigenvalue weighted by Gasteiger charge is 2.53. The summed E-state index contributed by atoms with van der Waals surface area (Å²) < 4.78 is 44.8. The van der Waals surface area contributed by atoms with Crippen LogP contribution in [0.5, 0.6) is 0 Å². The van der Waals surface area contributed by atoms with Crippen molar-refractivity contribution in [2.24, 2.45) is 0 Å². The van der Waals surface area contributed by atoms with Crippen LogP contribution >= 0.6 is 0 Å². The molecule has 3 aliphatic heterocycles. The van der Waals surface area contributed by atoms with Crippen LogP contribution in [0.2, 0.25) is 0 Å². The number of piperazine rings is 1. The van der Waals surface area contributed by atoms with Gasteiger partial charge in [-0.2, -0.15) is 13.2 Å². The Balaban J connectivity index is 1.48. The van der Waals surface area contributed by atoms with E-state index in [1.54, 1.807) is 17.9 Å². The Morgan fingerprint density at radius 1 is 1.16 bits per heavy atom. The number of alkyl halides is 3. The second-order valence-corrected chi connectivity index (χ2v) is 8.33. The fourth-order valence-electron chi connectivity index (χ4n) is 4.72. The monoisotopic (exact) mass is 437 g/mol. The minimum Gasteiger partial charge on any atom is -0.449 e. The quantitative estimate of drug-likeness (QED) is 0.681. The van der Waals surface area contributed by atoms with Gasteiger partial charge in [-0.15, -0.1) is 0 Å². The SMILES string of the molecule is CCN1CCC2(C1)OC(=O)C(C)=C2C(=O)N1CCN(c2cccc(C(F)(F)F)c2)CC1. The summed E-state index contributed by atoms with van der Waals surface area (Å²) in [6.07, 6.45) is -3.80. The number of nitrogens with zero attached hydrogens (tertiary/aromatic N) is 3. The molecule has 4 rings (SSSR count). The molecule has 6 nitrogen and oxygen atoms in total. The lowest BCUT2D eigenvalue weighted by molar-refractivity contribution is -0.147. The number of carbonyl (C=O) groups excluding carboxylic acids is 2. The van der Waals surface area contributed by atoms with Gasteiger partial charge in [0.15, 0.2) is 5.60 Å². The Labute approximate surface area is 179 Å². The second-order valence-electron chi connectivity index (χ2n) is 8.33. The summed E-state index contributed by atoms with van der Waals surface area (Å²) in [6, 6.07) is 5.24. The van der Waals surface area contributed by atoms with Gasteiger partial charge in [-0.25, -0.2) is 4.79 Å². The number of esters is 1. The number of halogens is 3. The van der Waals surface area contributed by atoms with Crippen LogP contribution in [-0.2, 0) is 20.5 Å². The van der Waals surface area contributed by atoms with Crippen LogP contribution in [0.15, 0.2) is 35.4 Å². The van der Waals surface area contributed by atoms with E-state index in [1.807, 2.05) is 11.8 Å². The van der Waals surface area contributed by atoms with E-state index < -0.39 is 23.3 Å². The van der Waals surface area contributed by atoms with Crippen LogP contribution < -0.4 is 4.90 Å². The number of anilines is 1. The van der Waals surface area contributed by atoms with E-state index in [1.165, 1.54) is 6.07 Å². The second kappa shape index (κ2) is 7.85. The number of amides is 1. The molecule has 0 radical (unpaired) electrons. The first-order valence-corrected chi connectivity index (χ1v) is 10.5. The molecule has 9 heteroatoms. The smallest absolute Gasteiger partial charge is 0.416 e. The van der Waals surface area contributed by atoms with Crippen LogP contribution in [0.25, 0.3) is 0 Å². The van der Waals surface area contributed by atoms with Crippen molar-refractivity contribution in [1.29, 1.82) is 0 Å². The number of likely N-dealkylation sites (N-methyl/N-ethyl adjacent to an activating group) is 1. The summed E-state index contributed by atoms with van der Waals surface area (Å²) in [5.41, 5.74) is -0.270. The first kappa shape index (κ1) is 21.7. The summed E-state index contributed by atoms with van der Waals surface area (Å²) in [5, 5.41) is 0. The van der Waals surface area contributed by atoms with Crippen molar-refractivity contribution >= 4 is 17.6 Å². The Bertz CT molecular complexity index is 922. The number of carbonyl (C=O) groups is 2. The van der Waals surface area contributed by atoms with E-state index in [9.17, 15) is 22.8 Å². The van der Waals surface area contributed by atoms with Gasteiger partial charge >= 0.3 is 12.1 Å². The van der Waals surface area contributed by atoms with Crippen LogP contribution in [0.3, 0.4) is 0 Å². The molecule has 0 N–H and O–H groups in total. The van der Waals surface area contributed by atoms with Crippen LogP contribution in [-0.4, -0.2) is 73.1 Å². The van der Waals surface area contributed by atoms with Crippen molar-refractivity contribution in [2.45, 2.75) is 32.0 Å². The van der Waals surface area contributed by atoms with E-state index in [2.05, 4.69) is 4.90 Å². The van der Waals surface area contributed by atoms with Gasteiger partial charge in [0, 0.05) is 56.9 Å². The Hall–Kier alpha value is -2.55.